The highest BCUT2D eigenvalue weighted by Gasteiger charge is 2.49. The quantitative estimate of drug-likeness (QED) is 0.196. The molecule has 0 unspecified atom stereocenters. The van der Waals surface area contributed by atoms with Crippen molar-refractivity contribution < 1.29 is 24.2 Å². The van der Waals surface area contributed by atoms with Gasteiger partial charge in [-0.15, -0.1) is 0 Å². The summed E-state index contributed by atoms with van der Waals surface area (Å²) in [5, 5.41) is 12.7. The van der Waals surface area contributed by atoms with Crippen LogP contribution in [0.15, 0.2) is 84.9 Å². The van der Waals surface area contributed by atoms with E-state index in [4.69, 9.17) is 4.74 Å². The first-order valence-electron chi connectivity index (χ1n) is 22.1. The molecule has 4 aromatic rings. The molecule has 0 radical (unpaired) electrons. The van der Waals surface area contributed by atoms with Crippen LogP contribution < -0.4 is 15.0 Å². The van der Waals surface area contributed by atoms with E-state index in [-0.39, 0.29) is 35.5 Å². The van der Waals surface area contributed by atoms with E-state index in [2.05, 4.69) is 81.8 Å². The number of amides is 3. The van der Waals surface area contributed by atoms with Crippen LogP contribution in [-0.4, -0.2) is 78.0 Å². The fraction of sp³-hybridized carbons (Fsp3) is 0.460. The molecule has 4 aromatic carbocycles. The van der Waals surface area contributed by atoms with E-state index < -0.39 is 6.04 Å². The van der Waals surface area contributed by atoms with Crippen LogP contribution in [0.2, 0.25) is 0 Å². The Kier molecular flexibility index (Phi) is 8.91. The van der Waals surface area contributed by atoms with Crippen molar-refractivity contribution in [2.45, 2.75) is 94.0 Å². The second-order valence-electron chi connectivity index (χ2n) is 19.0. The standard InChI is InChI=1S/C50H54N4O5/c55-37-11-13-39-35(26-37)8-12-38(33-4-2-1-3-5-33)45(39)34-6-9-36(10-7-34)53-29-49(30-53)20-18-32(19-21-49)27-52-24-22-50(23-25-52)31-59-46-41-28-54(43-16-17-44(56)51-47(43)57)48(58)40(41)14-15-42(46)50/h1-7,9-11,13-15,26,32,38,43,45,55H,8,12,16-25,27-31H2,(H,51,56,57)/t38-,43+,45+/m1/s1. The molecule has 7 aliphatic rings. The second kappa shape index (κ2) is 14.3. The number of piperidine rings is 2. The number of hydrogen-bond acceptors (Lipinski definition) is 7. The Balaban J connectivity index is 0.685. The first-order valence-corrected chi connectivity index (χ1v) is 22.1. The molecule has 9 heteroatoms. The summed E-state index contributed by atoms with van der Waals surface area (Å²) in [6.07, 6.45) is 10.0. The summed E-state index contributed by atoms with van der Waals surface area (Å²) >= 11 is 0. The molecule has 3 atom stereocenters. The number of nitrogens with one attached hydrogen (secondary N) is 1. The molecule has 5 aliphatic heterocycles. The number of phenols is 1. The zero-order valence-corrected chi connectivity index (χ0v) is 33.8. The SMILES string of the molecule is O=C1CC[C@H](N2Cc3c(ccc4c3OCC43CCN(CC4CCC5(CC4)CN(c4ccc([C@@H]6c7ccc(O)cc7CC[C@@H]6c6ccccc6)cc4)C5)CC3)C2=O)C(=O)N1. The number of nitrogens with zero attached hydrogens (tertiary/aromatic N) is 3. The average Bonchev–Trinajstić information content (AvgIpc) is 3.78. The van der Waals surface area contributed by atoms with Crippen LogP contribution in [0.4, 0.5) is 5.69 Å². The molecule has 3 saturated heterocycles. The molecule has 59 heavy (non-hydrogen) atoms. The average molecular weight is 791 g/mol. The van der Waals surface area contributed by atoms with E-state index in [1.54, 1.807) is 4.90 Å². The van der Waals surface area contributed by atoms with Crippen molar-refractivity contribution in [3.05, 3.63) is 124 Å². The number of aromatic hydroxyl groups is 1. The van der Waals surface area contributed by atoms with Crippen molar-refractivity contribution in [2.75, 3.05) is 44.2 Å². The molecular formula is C50H54N4O5. The van der Waals surface area contributed by atoms with Crippen molar-refractivity contribution >= 4 is 23.4 Å². The molecule has 2 N–H and O–H groups in total. The minimum absolute atomic E-state index is 0.0232. The molecule has 9 nitrogen and oxygen atoms in total. The van der Waals surface area contributed by atoms with E-state index in [0.29, 0.717) is 42.2 Å². The van der Waals surface area contributed by atoms with Crippen LogP contribution in [0, 0.1) is 11.3 Å². The van der Waals surface area contributed by atoms with Gasteiger partial charge in [0.2, 0.25) is 11.8 Å². The summed E-state index contributed by atoms with van der Waals surface area (Å²) < 4.78 is 6.44. The fourth-order valence-corrected chi connectivity index (χ4v) is 12.3. The maximum atomic E-state index is 13.4. The molecule has 2 aliphatic carbocycles. The third-order valence-corrected chi connectivity index (χ3v) is 15.7. The van der Waals surface area contributed by atoms with E-state index in [9.17, 15) is 19.5 Å². The van der Waals surface area contributed by atoms with Crippen molar-refractivity contribution in [1.82, 2.24) is 15.1 Å². The van der Waals surface area contributed by atoms with E-state index >= 15 is 0 Å². The lowest BCUT2D eigenvalue weighted by atomic mass is 9.65. The van der Waals surface area contributed by atoms with E-state index in [1.165, 1.54) is 65.7 Å². The highest BCUT2D eigenvalue weighted by atomic mass is 16.5. The molecule has 304 valence electrons. The second-order valence-corrected chi connectivity index (χ2v) is 19.0. The molecule has 5 heterocycles. The first kappa shape index (κ1) is 36.9. The van der Waals surface area contributed by atoms with Crippen molar-refractivity contribution in [3.63, 3.8) is 0 Å². The van der Waals surface area contributed by atoms with Gasteiger partial charge in [-0.2, -0.15) is 0 Å². The van der Waals surface area contributed by atoms with Gasteiger partial charge in [-0.05, 0) is 135 Å². The number of phenolic OH excluding ortho intramolecular Hbond substituents is 1. The van der Waals surface area contributed by atoms with Crippen LogP contribution in [0.1, 0.15) is 113 Å². The third-order valence-electron chi connectivity index (χ3n) is 15.7. The number of likely N-dealkylation sites (tertiary alicyclic amines) is 1. The highest BCUT2D eigenvalue weighted by Crippen LogP contribution is 2.52. The van der Waals surface area contributed by atoms with Gasteiger partial charge in [0, 0.05) is 65.2 Å². The maximum Gasteiger partial charge on any atom is 0.255 e. The van der Waals surface area contributed by atoms with Gasteiger partial charge >= 0.3 is 0 Å². The van der Waals surface area contributed by atoms with Gasteiger partial charge in [0.05, 0.1) is 13.2 Å². The molecule has 4 fully saturated rings. The third kappa shape index (κ3) is 6.34. The van der Waals surface area contributed by atoms with Crippen molar-refractivity contribution in [1.29, 1.82) is 0 Å². The number of aryl methyl sites for hydroxylation is 1. The smallest absolute Gasteiger partial charge is 0.255 e. The van der Waals surface area contributed by atoms with Crippen LogP contribution in [0.5, 0.6) is 11.5 Å². The Hall–Kier alpha value is -5.15. The Morgan fingerprint density at radius 2 is 1.58 bits per heavy atom. The Morgan fingerprint density at radius 3 is 2.34 bits per heavy atom. The molecular weight excluding hydrogens is 737 g/mol. The number of anilines is 1. The number of hydrogen-bond donors (Lipinski definition) is 2. The van der Waals surface area contributed by atoms with Gasteiger partial charge in [0.15, 0.2) is 0 Å². The van der Waals surface area contributed by atoms with E-state index in [0.717, 1.165) is 69.1 Å². The summed E-state index contributed by atoms with van der Waals surface area (Å²) in [4.78, 5) is 44.7. The van der Waals surface area contributed by atoms with Crippen LogP contribution in [0.3, 0.4) is 0 Å². The molecule has 0 aromatic heterocycles. The van der Waals surface area contributed by atoms with Crippen molar-refractivity contribution in [3.8, 4) is 11.5 Å². The summed E-state index contributed by atoms with van der Waals surface area (Å²) in [5.41, 5.74) is 9.90. The zero-order chi connectivity index (χ0) is 39.9. The van der Waals surface area contributed by atoms with Gasteiger partial charge < -0.3 is 24.5 Å². The first-order chi connectivity index (χ1) is 28.7. The molecule has 11 rings (SSSR count). The minimum Gasteiger partial charge on any atom is -0.508 e. The fourth-order valence-electron chi connectivity index (χ4n) is 12.3. The lowest BCUT2D eigenvalue weighted by Crippen LogP contribution is -2.58. The lowest BCUT2D eigenvalue weighted by molar-refractivity contribution is -0.136. The van der Waals surface area contributed by atoms with Crippen LogP contribution >= 0.6 is 0 Å². The van der Waals surface area contributed by atoms with Gasteiger partial charge in [0.1, 0.15) is 17.5 Å². The Bertz CT molecular complexity index is 2300. The molecule has 3 amide bonds. The van der Waals surface area contributed by atoms with E-state index in [1.807, 2.05) is 18.2 Å². The zero-order valence-electron chi connectivity index (χ0n) is 33.8. The summed E-state index contributed by atoms with van der Waals surface area (Å²) in [7, 11) is 0. The Morgan fingerprint density at radius 1 is 0.797 bits per heavy atom. The van der Waals surface area contributed by atoms with Gasteiger partial charge in [-0.25, -0.2) is 0 Å². The maximum absolute atomic E-state index is 13.4. The van der Waals surface area contributed by atoms with Crippen molar-refractivity contribution in [2.24, 2.45) is 11.3 Å². The number of carbonyl (C=O) groups excluding carboxylic acids is 3. The number of benzene rings is 4. The normalized spacial score (nSPS) is 26.0. The summed E-state index contributed by atoms with van der Waals surface area (Å²) in [6, 6.07) is 29.8. The number of fused-ring (bicyclic) bond motifs is 5. The van der Waals surface area contributed by atoms with Crippen LogP contribution in [0.25, 0.3) is 0 Å². The molecule has 1 saturated carbocycles. The largest absolute Gasteiger partial charge is 0.508 e. The monoisotopic (exact) mass is 790 g/mol. The summed E-state index contributed by atoms with van der Waals surface area (Å²) in [6.45, 7) is 6.63. The predicted octanol–water partition coefficient (Wildman–Crippen LogP) is 7.44. The highest BCUT2D eigenvalue weighted by molar-refractivity contribution is 6.05. The van der Waals surface area contributed by atoms with Gasteiger partial charge in [0.25, 0.3) is 5.91 Å². The predicted molar refractivity (Wildman–Crippen MR) is 226 cm³/mol. The number of ether oxygens (including phenoxy) is 1. The number of carbonyl (C=O) groups is 3. The molecule has 2 spiro atoms. The summed E-state index contributed by atoms with van der Waals surface area (Å²) in [5.74, 6) is 1.86. The van der Waals surface area contributed by atoms with Gasteiger partial charge in [-0.3, -0.25) is 19.7 Å². The topological polar surface area (TPSA) is 102 Å². The lowest BCUT2D eigenvalue weighted by Gasteiger charge is -2.55. The molecule has 0 bridgehead atoms. The van der Waals surface area contributed by atoms with Crippen LogP contribution in [-0.2, 0) is 28.0 Å². The minimum atomic E-state index is -0.615. The Labute approximate surface area is 346 Å². The number of rotatable bonds is 6. The number of imide groups is 1. The van der Waals surface area contributed by atoms with Gasteiger partial charge in [-0.1, -0.05) is 54.6 Å².